The van der Waals surface area contributed by atoms with Gasteiger partial charge in [0.05, 0.1) is 12.2 Å². The number of anilines is 1. The van der Waals surface area contributed by atoms with Crippen LogP contribution in [-0.4, -0.2) is 31.8 Å². The minimum Gasteiger partial charge on any atom is -0.440 e. The third kappa shape index (κ3) is 2.52. The first kappa shape index (κ1) is 13.4. The molecule has 1 amide bonds. The minimum absolute atomic E-state index is 0.294. The van der Waals surface area contributed by atoms with Gasteiger partial charge in [-0.15, -0.1) is 0 Å². The zero-order valence-corrected chi connectivity index (χ0v) is 12.4. The van der Waals surface area contributed by atoms with Crippen LogP contribution in [0.1, 0.15) is 12.5 Å². The average Bonchev–Trinajstić information content (AvgIpc) is 2.54. The molecule has 1 heterocycles. The average molecular weight is 313 g/mol. The van der Waals surface area contributed by atoms with E-state index < -0.39 is 5.60 Å². The quantitative estimate of drug-likeness (QED) is 0.933. The van der Waals surface area contributed by atoms with Gasteiger partial charge in [0.25, 0.3) is 0 Å². The Balaban J connectivity index is 2.27. The van der Waals surface area contributed by atoms with E-state index in [1.165, 1.54) is 0 Å². The number of nitrogens with one attached hydrogen (secondary N) is 1. The summed E-state index contributed by atoms with van der Waals surface area (Å²) in [5.41, 5.74) is 1.53. The number of likely N-dealkylation sites (N-methyl/N-ethyl adjacent to an activating group) is 1. The molecule has 1 aromatic carbocycles. The maximum Gasteiger partial charge on any atom is 0.415 e. The fourth-order valence-electron chi connectivity index (χ4n) is 2.18. The molecule has 1 aromatic rings. The van der Waals surface area contributed by atoms with E-state index in [0.29, 0.717) is 13.1 Å². The van der Waals surface area contributed by atoms with Crippen molar-refractivity contribution in [1.29, 1.82) is 0 Å². The van der Waals surface area contributed by atoms with E-state index in [4.69, 9.17) is 4.74 Å². The number of halogens is 1. The van der Waals surface area contributed by atoms with Crippen molar-refractivity contribution in [2.45, 2.75) is 19.4 Å². The molecule has 1 unspecified atom stereocenters. The Morgan fingerprint density at radius 3 is 2.89 bits per heavy atom. The number of hydrogen-bond acceptors (Lipinski definition) is 3. The van der Waals surface area contributed by atoms with E-state index in [1.54, 1.807) is 4.90 Å². The Morgan fingerprint density at radius 1 is 1.56 bits per heavy atom. The summed E-state index contributed by atoms with van der Waals surface area (Å²) in [5.74, 6) is 0. The standard InChI is InChI=1S/C13H17BrN2O2/c1-9-4-5-11(10(14)6-9)16-8-13(2,7-15-3)18-12(16)17/h4-6,15H,7-8H2,1-3H3. The number of hydrogen-bond donors (Lipinski definition) is 1. The maximum absolute atomic E-state index is 12.0. The van der Waals surface area contributed by atoms with Crippen molar-refractivity contribution in [2.75, 3.05) is 25.0 Å². The summed E-state index contributed by atoms with van der Waals surface area (Å²) in [5, 5.41) is 3.05. The van der Waals surface area contributed by atoms with Crippen molar-refractivity contribution < 1.29 is 9.53 Å². The molecule has 0 radical (unpaired) electrons. The van der Waals surface area contributed by atoms with Gasteiger partial charge in [0.2, 0.25) is 0 Å². The first-order chi connectivity index (χ1) is 8.45. The number of carbonyl (C=O) groups excluding carboxylic acids is 1. The molecule has 1 fully saturated rings. The van der Waals surface area contributed by atoms with Crippen LogP contribution in [-0.2, 0) is 4.74 Å². The van der Waals surface area contributed by atoms with Crippen molar-refractivity contribution in [3.05, 3.63) is 28.2 Å². The fourth-order valence-corrected chi connectivity index (χ4v) is 2.88. The minimum atomic E-state index is -0.476. The lowest BCUT2D eigenvalue weighted by Gasteiger charge is -2.21. The van der Waals surface area contributed by atoms with Crippen LogP contribution < -0.4 is 10.2 Å². The number of aryl methyl sites for hydroxylation is 1. The summed E-state index contributed by atoms with van der Waals surface area (Å²) in [6.45, 7) is 5.14. The number of benzene rings is 1. The fraction of sp³-hybridized carbons (Fsp3) is 0.462. The molecule has 1 saturated heterocycles. The zero-order valence-electron chi connectivity index (χ0n) is 10.8. The molecule has 0 aromatic heterocycles. The molecule has 1 atom stereocenters. The molecule has 1 aliphatic heterocycles. The number of nitrogens with zero attached hydrogens (tertiary/aromatic N) is 1. The molecule has 1 N–H and O–H groups in total. The number of rotatable bonds is 3. The van der Waals surface area contributed by atoms with E-state index in [-0.39, 0.29) is 6.09 Å². The van der Waals surface area contributed by atoms with E-state index in [9.17, 15) is 4.79 Å². The highest BCUT2D eigenvalue weighted by molar-refractivity contribution is 9.10. The molecule has 18 heavy (non-hydrogen) atoms. The smallest absolute Gasteiger partial charge is 0.415 e. The van der Waals surface area contributed by atoms with E-state index in [1.807, 2.05) is 39.1 Å². The number of ether oxygens (including phenoxy) is 1. The highest BCUT2D eigenvalue weighted by atomic mass is 79.9. The van der Waals surface area contributed by atoms with Gasteiger partial charge in [-0.2, -0.15) is 0 Å². The van der Waals surface area contributed by atoms with Crippen molar-refractivity contribution in [1.82, 2.24) is 5.32 Å². The first-order valence-electron chi connectivity index (χ1n) is 5.86. The van der Waals surface area contributed by atoms with Gasteiger partial charge < -0.3 is 10.1 Å². The van der Waals surface area contributed by atoms with Gasteiger partial charge in [-0.05, 0) is 54.5 Å². The number of amides is 1. The molecule has 5 heteroatoms. The summed E-state index contributed by atoms with van der Waals surface area (Å²) >= 11 is 3.50. The van der Waals surface area contributed by atoms with Crippen molar-refractivity contribution in [2.24, 2.45) is 0 Å². The third-order valence-corrected chi connectivity index (χ3v) is 3.63. The van der Waals surface area contributed by atoms with Gasteiger partial charge >= 0.3 is 6.09 Å². The maximum atomic E-state index is 12.0. The topological polar surface area (TPSA) is 41.6 Å². The van der Waals surface area contributed by atoms with Crippen molar-refractivity contribution >= 4 is 27.7 Å². The molecule has 0 spiro atoms. The summed E-state index contributed by atoms with van der Waals surface area (Å²) in [4.78, 5) is 13.6. The number of cyclic esters (lactones) is 1. The summed E-state index contributed by atoms with van der Waals surface area (Å²) in [6.07, 6.45) is -0.294. The van der Waals surface area contributed by atoms with Crippen molar-refractivity contribution in [3.8, 4) is 0 Å². The molecule has 0 bridgehead atoms. The second-order valence-corrected chi connectivity index (χ2v) is 5.74. The van der Waals surface area contributed by atoms with Crippen LogP contribution in [0.2, 0.25) is 0 Å². The Kier molecular flexibility index (Phi) is 3.64. The van der Waals surface area contributed by atoms with Crippen molar-refractivity contribution in [3.63, 3.8) is 0 Å². The highest BCUT2D eigenvalue weighted by Crippen LogP contribution is 2.33. The first-order valence-corrected chi connectivity index (χ1v) is 6.66. The predicted octanol–water partition coefficient (Wildman–Crippen LogP) is 2.69. The SMILES string of the molecule is CNCC1(C)CN(c2ccc(C)cc2Br)C(=O)O1. The van der Waals surface area contributed by atoms with Crippen LogP contribution in [0.15, 0.2) is 22.7 Å². The lowest BCUT2D eigenvalue weighted by molar-refractivity contribution is 0.0734. The van der Waals surface area contributed by atoms with Crippen LogP contribution in [0.3, 0.4) is 0 Å². The Hall–Kier alpha value is -1.07. The van der Waals surface area contributed by atoms with Gasteiger partial charge in [0.15, 0.2) is 0 Å². The molecule has 0 aliphatic carbocycles. The lowest BCUT2D eigenvalue weighted by atomic mass is 10.1. The van der Waals surface area contributed by atoms with Gasteiger partial charge in [0, 0.05) is 11.0 Å². The van der Waals surface area contributed by atoms with E-state index in [2.05, 4.69) is 21.2 Å². The van der Waals surface area contributed by atoms with Crippen LogP contribution >= 0.6 is 15.9 Å². The summed E-state index contributed by atoms with van der Waals surface area (Å²) in [7, 11) is 1.85. The third-order valence-electron chi connectivity index (χ3n) is 2.99. The van der Waals surface area contributed by atoms with E-state index in [0.717, 1.165) is 15.7 Å². The largest absolute Gasteiger partial charge is 0.440 e. The summed E-state index contributed by atoms with van der Waals surface area (Å²) < 4.78 is 6.36. The van der Waals surface area contributed by atoms with Gasteiger partial charge in [-0.3, -0.25) is 4.90 Å². The number of carbonyl (C=O) groups is 1. The monoisotopic (exact) mass is 312 g/mol. The second kappa shape index (κ2) is 4.90. The van der Waals surface area contributed by atoms with Crippen LogP contribution in [0.4, 0.5) is 10.5 Å². The molecule has 1 aliphatic rings. The Bertz CT molecular complexity index is 478. The van der Waals surface area contributed by atoms with Crippen LogP contribution in [0.5, 0.6) is 0 Å². The highest BCUT2D eigenvalue weighted by Gasteiger charge is 2.42. The Morgan fingerprint density at radius 2 is 2.28 bits per heavy atom. The zero-order chi connectivity index (χ0) is 13.3. The predicted molar refractivity (Wildman–Crippen MR) is 75.0 cm³/mol. The van der Waals surface area contributed by atoms with E-state index >= 15 is 0 Å². The van der Waals surface area contributed by atoms with Gasteiger partial charge in [-0.25, -0.2) is 4.79 Å². The molecule has 0 saturated carbocycles. The molecule has 98 valence electrons. The molecule has 2 rings (SSSR count). The normalized spacial score (nSPS) is 23.3. The van der Waals surface area contributed by atoms with Gasteiger partial charge in [0.1, 0.15) is 5.60 Å². The van der Waals surface area contributed by atoms with Crippen LogP contribution in [0.25, 0.3) is 0 Å². The van der Waals surface area contributed by atoms with Crippen LogP contribution in [0, 0.1) is 6.92 Å². The lowest BCUT2D eigenvalue weighted by Crippen LogP contribution is -2.40. The Labute approximate surface area is 115 Å². The molecule has 4 nitrogen and oxygen atoms in total. The summed E-state index contributed by atoms with van der Waals surface area (Å²) in [6, 6.07) is 5.92. The molecular weight excluding hydrogens is 296 g/mol. The van der Waals surface area contributed by atoms with Gasteiger partial charge in [-0.1, -0.05) is 6.07 Å². The second-order valence-electron chi connectivity index (χ2n) is 4.89. The molecular formula is C13H17BrN2O2.